The molecule has 0 unspecified atom stereocenters. The Labute approximate surface area is 171 Å². The van der Waals surface area contributed by atoms with Crippen LogP contribution in [0.3, 0.4) is 0 Å². The van der Waals surface area contributed by atoms with Crippen molar-refractivity contribution in [1.29, 1.82) is 0 Å². The van der Waals surface area contributed by atoms with E-state index in [0.717, 1.165) is 16.9 Å². The first kappa shape index (κ1) is 20.8. The number of ether oxygens (including phenoxy) is 2. The lowest BCUT2D eigenvalue weighted by atomic mass is 10.1. The molecular weight excluding hydrogens is 368 g/mol. The van der Waals surface area contributed by atoms with Crippen molar-refractivity contribution < 1.29 is 14.6 Å². The molecular formula is C22H28N4O3. The minimum atomic E-state index is -0.408. The van der Waals surface area contributed by atoms with Crippen molar-refractivity contribution in [2.45, 2.75) is 26.9 Å². The summed E-state index contributed by atoms with van der Waals surface area (Å²) in [6.07, 6.45) is -0.408. The zero-order valence-electron chi connectivity index (χ0n) is 17.1. The highest BCUT2D eigenvalue weighted by atomic mass is 16.5. The van der Waals surface area contributed by atoms with Crippen molar-refractivity contribution in [1.82, 2.24) is 14.8 Å². The lowest BCUT2D eigenvalue weighted by molar-refractivity contribution is 0.106. The predicted molar refractivity (Wildman–Crippen MR) is 114 cm³/mol. The Morgan fingerprint density at radius 3 is 2.45 bits per heavy atom. The van der Waals surface area contributed by atoms with Crippen LogP contribution in [0.5, 0.6) is 6.01 Å². The molecule has 0 saturated carbocycles. The number of aliphatic hydroxyl groups excluding tert-OH is 1. The molecule has 1 atom stereocenters. The smallest absolute Gasteiger partial charge is 0.336 e. The van der Waals surface area contributed by atoms with Gasteiger partial charge in [0.1, 0.15) is 6.61 Å². The highest BCUT2D eigenvalue weighted by molar-refractivity contribution is 5.60. The van der Waals surface area contributed by atoms with Crippen molar-refractivity contribution in [2.75, 3.05) is 31.7 Å². The van der Waals surface area contributed by atoms with Gasteiger partial charge in [0.2, 0.25) is 0 Å². The summed E-state index contributed by atoms with van der Waals surface area (Å²) in [5, 5.41) is 17.2. The molecule has 29 heavy (non-hydrogen) atoms. The number of anilines is 1. The number of benzene rings is 2. The average Bonchev–Trinajstić information content (AvgIpc) is 3.15. The molecule has 154 valence electrons. The Kier molecular flexibility index (Phi) is 7.21. The SMILES string of the molecule is CCOCCOc1nc(-c2ccc(C)cc2)n(-c2ccc(NC[C@H](C)O)cc2)n1. The zero-order valence-corrected chi connectivity index (χ0v) is 17.1. The van der Waals surface area contributed by atoms with Crippen LogP contribution in [0.15, 0.2) is 48.5 Å². The van der Waals surface area contributed by atoms with Crippen molar-refractivity contribution in [3.05, 3.63) is 54.1 Å². The van der Waals surface area contributed by atoms with E-state index in [-0.39, 0.29) is 0 Å². The summed E-state index contributed by atoms with van der Waals surface area (Å²) >= 11 is 0. The molecule has 2 N–H and O–H groups in total. The molecule has 2 aromatic carbocycles. The minimum Gasteiger partial charge on any atom is -0.460 e. The van der Waals surface area contributed by atoms with E-state index in [0.29, 0.717) is 38.2 Å². The van der Waals surface area contributed by atoms with Crippen LogP contribution in [0.4, 0.5) is 5.69 Å². The maximum Gasteiger partial charge on any atom is 0.336 e. The standard InChI is InChI=1S/C22H28N4O3/c1-4-28-13-14-29-22-24-21(18-7-5-16(2)6-8-18)26(25-22)20-11-9-19(10-12-20)23-15-17(3)27/h5-12,17,23,27H,4,13-15H2,1-3H3/t17-/m0/s1. The zero-order chi connectivity index (χ0) is 20.6. The molecule has 0 aliphatic rings. The van der Waals surface area contributed by atoms with Crippen LogP contribution >= 0.6 is 0 Å². The van der Waals surface area contributed by atoms with E-state index in [2.05, 4.69) is 22.3 Å². The lowest BCUT2D eigenvalue weighted by Crippen LogP contribution is -2.15. The van der Waals surface area contributed by atoms with Crippen LogP contribution < -0.4 is 10.1 Å². The first-order chi connectivity index (χ1) is 14.1. The summed E-state index contributed by atoms with van der Waals surface area (Å²) in [5.74, 6) is 0.709. The second-order valence-corrected chi connectivity index (χ2v) is 6.82. The van der Waals surface area contributed by atoms with E-state index < -0.39 is 6.10 Å². The maximum atomic E-state index is 9.43. The fourth-order valence-electron chi connectivity index (χ4n) is 2.75. The maximum absolute atomic E-state index is 9.43. The third-order valence-corrected chi connectivity index (χ3v) is 4.27. The van der Waals surface area contributed by atoms with Crippen LogP contribution in [0.2, 0.25) is 0 Å². The molecule has 0 fully saturated rings. The third-order valence-electron chi connectivity index (χ3n) is 4.27. The number of hydrogen-bond acceptors (Lipinski definition) is 6. The predicted octanol–water partition coefficient (Wildman–Crippen LogP) is 3.45. The van der Waals surface area contributed by atoms with Gasteiger partial charge >= 0.3 is 6.01 Å². The van der Waals surface area contributed by atoms with Gasteiger partial charge in [0, 0.05) is 24.4 Å². The largest absolute Gasteiger partial charge is 0.460 e. The number of nitrogens with zero attached hydrogens (tertiary/aromatic N) is 3. The molecule has 0 aliphatic heterocycles. The number of rotatable bonds is 10. The summed E-state index contributed by atoms with van der Waals surface area (Å²) in [6, 6.07) is 16.3. The van der Waals surface area contributed by atoms with Gasteiger partial charge in [-0.1, -0.05) is 29.8 Å². The summed E-state index contributed by atoms with van der Waals surface area (Å²) < 4.78 is 12.8. The van der Waals surface area contributed by atoms with Gasteiger partial charge in [-0.05, 0) is 45.0 Å². The molecule has 0 amide bonds. The van der Waals surface area contributed by atoms with Crippen LogP contribution in [0.25, 0.3) is 17.1 Å². The average molecular weight is 396 g/mol. The Bertz CT molecular complexity index is 889. The first-order valence-electron chi connectivity index (χ1n) is 9.84. The highest BCUT2D eigenvalue weighted by Crippen LogP contribution is 2.24. The van der Waals surface area contributed by atoms with Crippen molar-refractivity contribution >= 4 is 5.69 Å². The molecule has 1 heterocycles. The topological polar surface area (TPSA) is 81.4 Å². The van der Waals surface area contributed by atoms with Crippen LogP contribution in [0, 0.1) is 6.92 Å². The summed E-state index contributed by atoms with van der Waals surface area (Å²) in [6.45, 7) is 7.78. The van der Waals surface area contributed by atoms with Crippen LogP contribution in [-0.2, 0) is 4.74 Å². The summed E-state index contributed by atoms with van der Waals surface area (Å²) in [5.41, 5.74) is 3.94. The Balaban J connectivity index is 1.86. The molecule has 0 radical (unpaired) electrons. The van der Waals surface area contributed by atoms with Crippen molar-refractivity contribution in [2.24, 2.45) is 0 Å². The normalized spacial score (nSPS) is 12.0. The summed E-state index contributed by atoms with van der Waals surface area (Å²) in [4.78, 5) is 4.59. The quantitative estimate of drug-likeness (QED) is 0.511. The molecule has 0 aliphatic carbocycles. The molecule has 7 nitrogen and oxygen atoms in total. The second kappa shape index (κ2) is 10.0. The molecule has 1 aromatic heterocycles. The van der Waals surface area contributed by atoms with E-state index in [1.807, 2.05) is 55.5 Å². The fourth-order valence-corrected chi connectivity index (χ4v) is 2.75. The van der Waals surface area contributed by atoms with Crippen LogP contribution in [0.1, 0.15) is 19.4 Å². The number of hydrogen-bond donors (Lipinski definition) is 2. The van der Waals surface area contributed by atoms with Gasteiger partial charge < -0.3 is 19.9 Å². The fraction of sp³-hybridized carbons (Fsp3) is 0.364. The van der Waals surface area contributed by atoms with Gasteiger partial charge in [0.05, 0.1) is 18.4 Å². The van der Waals surface area contributed by atoms with Gasteiger partial charge in [-0.2, -0.15) is 4.98 Å². The number of aliphatic hydroxyl groups is 1. The van der Waals surface area contributed by atoms with E-state index in [1.165, 1.54) is 5.56 Å². The Morgan fingerprint density at radius 1 is 1.07 bits per heavy atom. The lowest BCUT2D eigenvalue weighted by Gasteiger charge is -2.10. The van der Waals surface area contributed by atoms with Gasteiger partial charge in [-0.15, -0.1) is 5.10 Å². The van der Waals surface area contributed by atoms with E-state index in [4.69, 9.17) is 9.47 Å². The van der Waals surface area contributed by atoms with Crippen molar-refractivity contribution in [3.63, 3.8) is 0 Å². The molecule has 0 saturated heterocycles. The van der Waals surface area contributed by atoms with Gasteiger partial charge in [-0.3, -0.25) is 0 Å². The summed E-state index contributed by atoms with van der Waals surface area (Å²) in [7, 11) is 0. The number of aryl methyl sites for hydroxylation is 1. The molecule has 3 aromatic rings. The number of nitrogens with one attached hydrogen (secondary N) is 1. The van der Waals surface area contributed by atoms with Gasteiger partial charge in [0.15, 0.2) is 5.82 Å². The van der Waals surface area contributed by atoms with E-state index >= 15 is 0 Å². The molecule has 7 heteroatoms. The molecule has 0 spiro atoms. The van der Waals surface area contributed by atoms with E-state index in [9.17, 15) is 5.11 Å². The first-order valence-corrected chi connectivity index (χ1v) is 9.84. The third kappa shape index (κ3) is 5.79. The van der Waals surface area contributed by atoms with Crippen molar-refractivity contribution in [3.8, 4) is 23.1 Å². The van der Waals surface area contributed by atoms with Gasteiger partial charge in [0.25, 0.3) is 0 Å². The second-order valence-electron chi connectivity index (χ2n) is 6.82. The van der Waals surface area contributed by atoms with E-state index in [1.54, 1.807) is 11.6 Å². The Morgan fingerprint density at radius 2 is 1.79 bits per heavy atom. The van der Waals surface area contributed by atoms with Crippen LogP contribution in [-0.4, -0.2) is 52.3 Å². The highest BCUT2D eigenvalue weighted by Gasteiger charge is 2.15. The monoisotopic (exact) mass is 396 g/mol. The molecule has 0 bridgehead atoms. The van der Waals surface area contributed by atoms with Gasteiger partial charge in [-0.25, -0.2) is 4.68 Å². The Hall–Kier alpha value is -2.90. The molecule has 3 rings (SSSR count). The number of aromatic nitrogens is 3. The minimum absolute atomic E-state index is 0.316.